The summed E-state index contributed by atoms with van der Waals surface area (Å²) in [6, 6.07) is 12.8. The minimum atomic E-state index is -3.99. The van der Waals surface area contributed by atoms with Gasteiger partial charge in [-0.1, -0.05) is 91.8 Å². The van der Waals surface area contributed by atoms with Crippen LogP contribution < -0.4 is 0 Å². The van der Waals surface area contributed by atoms with Gasteiger partial charge in [-0.05, 0) is 72.1 Å². The Bertz CT molecular complexity index is 1170. The van der Waals surface area contributed by atoms with Crippen LogP contribution in [0.1, 0.15) is 128 Å². The largest absolute Gasteiger partial charge is 0.286 e. The predicted molar refractivity (Wildman–Crippen MR) is 159 cm³/mol. The molecule has 204 valence electrons. The second-order valence-corrected chi connectivity index (χ2v) is 12.8. The van der Waals surface area contributed by atoms with Crippen molar-refractivity contribution >= 4 is 32.9 Å². The molecule has 0 saturated carbocycles. The van der Waals surface area contributed by atoms with E-state index < -0.39 is 10.1 Å². The topological polar surface area (TPSA) is 79.1 Å². The van der Waals surface area contributed by atoms with Crippen molar-refractivity contribution in [3.8, 4) is 0 Å². The first kappa shape index (κ1) is 30.9. The van der Waals surface area contributed by atoms with Gasteiger partial charge >= 0.3 is 0 Å². The van der Waals surface area contributed by atoms with Crippen LogP contribution in [0.25, 0.3) is 0 Å². The van der Waals surface area contributed by atoms with Crippen molar-refractivity contribution in [2.45, 2.75) is 105 Å². The lowest BCUT2D eigenvalue weighted by Gasteiger charge is -2.19. The highest BCUT2D eigenvalue weighted by atomic mass is 32.2. The summed E-state index contributed by atoms with van der Waals surface area (Å²) in [5, 5.41) is 0. The molecule has 37 heavy (non-hydrogen) atoms. The summed E-state index contributed by atoms with van der Waals surface area (Å²) in [5.74, 6) is 1.03. The van der Waals surface area contributed by atoms with Gasteiger partial charge in [-0.15, -0.1) is 0 Å². The Morgan fingerprint density at radius 3 is 1.43 bits per heavy atom. The molecular formula is C31H46N2O3S. The minimum absolute atomic E-state index is 0.246. The second-order valence-electron chi connectivity index (χ2n) is 11.2. The Labute approximate surface area is 225 Å². The molecular weight excluding hydrogens is 480 g/mol. The Kier molecular flexibility index (Phi) is 11.3. The maximum absolute atomic E-state index is 11.3. The Hall–Kier alpha value is -2.31. The number of benzene rings is 2. The third kappa shape index (κ3) is 8.89. The highest BCUT2D eigenvalue weighted by Gasteiger charge is 2.18. The van der Waals surface area contributed by atoms with Crippen LogP contribution in [0.4, 0.5) is 11.4 Å². The molecule has 0 atom stereocenters. The molecule has 0 unspecified atom stereocenters. The van der Waals surface area contributed by atoms with Gasteiger partial charge < -0.3 is 0 Å². The van der Waals surface area contributed by atoms with Crippen molar-refractivity contribution in [3.05, 3.63) is 58.7 Å². The smallest absolute Gasteiger partial charge is 0.264 e. The number of aliphatic imine (C=N–C) groups is 2. The summed E-state index contributed by atoms with van der Waals surface area (Å²) in [6.45, 7) is 19.5. The van der Waals surface area contributed by atoms with Crippen LogP contribution in [-0.4, -0.2) is 30.1 Å². The molecule has 0 aromatic heterocycles. The van der Waals surface area contributed by atoms with Crippen LogP contribution in [-0.2, 0) is 10.1 Å². The third-order valence-corrected chi connectivity index (χ3v) is 7.50. The third-order valence-electron chi connectivity index (χ3n) is 6.69. The molecule has 6 heteroatoms. The zero-order chi connectivity index (χ0) is 27.9. The maximum atomic E-state index is 11.3. The fraction of sp³-hybridized carbons (Fsp3) is 0.548. The van der Waals surface area contributed by atoms with Crippen molar-refractivity contribution < 1.29 is 13.0 Å². The van der Waals surface area contributed by atoms with E-state index in [4.69, 9.17) is 9.98 Å². The molecule has 0 bridgehead atoms. The average molecular weight is 527 g/mol. The van der Waals surface area contributed by atoms with Gasteiger partial charge in [0.25, 0.3) is 10.1 Å². The molecule has 2 aromatic carbocycles. The van der Waals surface area contributed by atoms with Crippen molar-refractivity contribution in [1.29, 1.82) is 0 Å². The van der Waals surface area contributed by atoms with Crippen LogP contribution in [0.2, 0.25) is 0 Å². The molecule has 0 aliphatic heterocycles. The summed E-state index contributed by atoms with van der Waals surface area (Å²) in [7, 11) is -3.99. The standard InChI is InChI=1S/C31H46N2O3S/c1-20(2)25-14-12-15-26(21(3)4)30(25)32-24(9)29(18-10-11-19-37(34,35)36)33-31-27(22(5)6)16-13-17-28(31)23(7)8/h12-17,20-23H,10-11,18-19H2,1-9H3,(H,34,35,36). The van der Waals surface area contributed by atoms with E-state index in [1.165, 1.54) is 22.3 Å². The van der Waals surface area contributed by atoms with Gasteiger partial charge in [0.15, 0.2) is 0 Å². The summed E-state index contributed by atoms with van der Waals surface area (Å²) in [5.41, 5.74) is 8.52. The molecule has 1 N–H and O–H groups in total. The number of para-hydroxylation sites is 2. The molecule has 5 nitrogen and oxygen atoms in total. The first-order chi connectivity index (χ1) is 17.2. The molecule has 0 fully saturated rings. The van der Waals surface area contributed by atoms with Gasteiger partial charge in [0.1, 0.15) is 0 Å². The second kappa shape index (κ2) is 13.5. The normalized spacial score (nSPS) is 13.5. The van der Waals surface area contributed by atoms with E-state index in [0.29, 0.717) is 42.9 Å². The van der Waals surface area contributed by atoms with Crippen LogP contribution in [0, 0.1) is 0 Å². The van der Waals surface area contributed by atoms with Crippen molar-refractivity contribution in [3.63, 3.8) is 0 Å². The Balaban J connectivity index is 2.71. The number of unbranched alkanes of at least 4 members (excludes halogenated alkanes) is 1. The lowest BCUT2D eigenvalue weighted by molar-refractivity contribution is 0.480. The zero-order valence-electron chi connectivity index (χ0n) is 24.2. The van der Waals surface area contributed by atoms with Crippen LogP contribution in [0.15, 0.2) is 46.4 Å². The molecule has 2 aromatic rings. The maximum Gasteiger partial charge on any atom is 0.264 e. The highest BCUT2D eigenvalue weighted by Crippen LogP contribution is 2.37. The fourth-order valence-electron chi connectivity index (χ4n) is 4.54. The number of hydrogen-bond donors (Lipinski definition) is 1. The van der Waals surface area contributed by atoms with E-state index in [0.717, 1.165) is 22.8 Å². The number of rotatable bonds is 12. The predicted octanol–water partition coefficient (Wildman–Crippen LogP) is 9.10. The molecule has 0 aliphatic rings. The lowest BCUT2D eigenvalue weighted by Crippen LogP contribution is -2.13. The average Bonchev–Trinajstić information content (AvgIpc) is 2.79. The SMILES string of the molecule is CC(=Nc1c(C(C)C)cccc1C(C)C)C(CCCCS(=O)(=O)O)=Nc1c(C(C)C)cccc1C(C)C. The number of hydrogen-bond acceptors (Lipinski definition) is 4. The summed E-state index contributed by atoms with van der Waals surface area (Å²) in [4.78, 5) is 10.4. The minimum Gasteiger partial charge on any atom is -0.286 e. The molecule has 0 heterocycles. The Morgan fingerprint density at radius 2 is 1.08 bits per heavy atom. The molecule has 2 rings (SSSR count). The van der Waals surface area contributed by atoms with E-state index in [9.17, 15) is 13.0 Å². The van der Waals surface area contributed by atoms with Gasteiger partial charge in [-0.25, -0.2) is 0 Å². The van der Waals surface area contributed by atoms with Gasteiger partial charge in [0.2, 0.25) is 0 Å². The first-order valence-corrected chi connectivity index (χ1v) is 15.2. The van der Waals surface area contributed by atoms with E-state index in [1.807, 2.05) is 6.92 Å². The molecule has 0 saturated heterocycles. The van der Waals surface area contributed by atoms with Gasteiger partial charge in [0.05, 0.1) is 28.6 Å². The van der Waals surface area contributed by atoms with Crippen LogP contribution in [0.3, 0.4) is 0 Å². The van der Waals surface area contributed by atoms with Gasteiger partial charge in [0, 0.05) is 0 Å². The zero-order valence-corrected chi connectivity index (χ0v) is 25.0. The Morgan fingerprint density at radius 1 is 0.703 bits per heavy atom. The van der Waals surface area contributed by atoms with E-state index in [2.05, 4.69) is 91.8 Å². The van der Waals surface area contributed by atoms with E-state index in [-0.39, 0.29) is 5.75 Å². The summed E-state index contributed by atoms with van der Waals surface area (Å²) in [6.07, 6.45) is 1.54. The van der Waals surface area contributed by atoms with Crippen molar-refractivity contribution in [1.82, 2.24) is 0 Å². The lowest BCUT2D eigenvalue weighted by atomic mass is 9.92. The number of nitrogens with zero attached hydrogens (tertiary/aromatic N) is 2. The van der Waals surface area contributed by atoms with Gasteiger partial charge in [-0.3, -0.25) is 14.5 Å². The molecule has 0 aliphatic carbocycles. The van der Waals surface area contributed by atoms with Gasteiger partial charge in [-0.2, -0.15) is 8.42 Å². The van der Waals surface area contributed by atoms with Crippen molar-refractivity contribution in [2.75, 3.05) is 5.75 Å². The molecule has 0 amide bonds. The molecule has 0 spiro atoms. The summed E-state index contributed by atoms with van der Waals surface area (Å²) < 4.78 is 31.8. The quantitative estimate of drug-likeness (QED) is 0.170. The van der Waals surface area contributed by atoms with Crippen LogP contribution in [0.5, 0.6) is 0 Å². The van der Waals surface area contributed by atoms with E-state index in [1.54, 1.807) is 0 Å². The monoisotopic (exact) mass is 526 g/mol. The molecule has 0 radical (unpaired) electrons. The highest BCUT2D eigenvalue weighted by molar-refractivity contribution is 7.85. The van der Waals surface area contributed by atoms with Crippen LogP contribution >= 0.6 is 0 Å². The van der Waals surface area contributed by atoms with Crippen molar-refractivity contribution in [2.24, 2.45) is 9.98 Å². The summed E-state index contributed by atoms with van der Waals surface area (Å²) >= 11 is 0. The first-order valence-electron chi connectivity index (χ1n) is 13.6. The fourth-order valence-corrected chi connectivity index (χ4v) is 5.11. The van der Waals surface area contributed by atoms with E-state index >= 15 is 0 Å².